The Morgan fingerprint density at radius 3 is 2.04 bits per heavy atom. The van der Waals surface area contributed by atoms with Crippen molar-refractivity contribution in [2.45, 2.75) is 20.0 Å². The van der Waals surface area contributed by atoms with Crippen LogP contribution in [-0.4, -0.2) is 38.2 Å². The normalized spacial score (nSPS) is 11.3. The lowest BCUT2D eigenvalue weighted by Gasteiger charge is -2.16. The van der Waals surface area contributed by atoms with Gasteiger partial charge in [0.1, 0.15) is 5.75 Å². The van der Waals surface area contributed by atoms with Gasteiger partial charge >= 0.3 is 11.9 Å². The lowest BCUT2D eigenvalue weighted by atomic mass is 10.1. The zero-order valence-corrected chi connectivity index (χ0v) is 15.6. The van der Waals surface area contributed by atoms with E-state index in [1.54, 1.807) is 13.0 Å². The van der Waals surface area contributed by atoms with Gasteiger partial charge < -0.3 is 19.5 Å². The molecule has 0 heterocycles. The van der Waals surface area contributed by atoms with Crippen molar-refractivity contribution in [2.75, 3.05) is 19.5 Å². The Bertz CT molecular complexity index is 827. The van der Waals surface area contributed by atoms with Crippen LogP contribution < -0.4 is 10.1 Å². The fourth-order valence-corrected chi connectivity index (χ4v) is 2.36. The molecular formula is C20H21NO6. The molecule has 0 aliphatic heterocycles. The van der Waals surface area contributed by atoms with Crippen LogP contribution in [0.15, 0.2) is 42.5 Å². The first-order chi connectivity index (χ1) is 12.8. The molecule has 0 spiro atoms. The topological polar surface area (TPSA) is 90.9 Å². The van der Waals surface area contributed by atoms with E-state index in [1.807, 2.05) is 25.1 Å². The van der Waals surface area contributed by atoms with Gasteiger partial charge in [0, 0.05) is 5.69 Å². The summed E-state index contributed by atoms with van der Waals surface area (Å²) in [5, 5.41) is 2.64. The van der Waals surface area contributed by atoms with E-state index in [2.05, 4.69) is 14.8 Å². The van der Waals surface area contributed by atoms with E-state index in [0.717, 1.165) is 5.56 Å². The molecule has 7 heteroatoms. The monoisotopic (exact) mass is 371 g/mol. The zero-order chi connectivity index (χ0) is 20.0. The van der Waals surface area contributed by atoms with Crippen LogP contribution in [0.25, 0.3) is 0 Å². The molecule has 1 unspecified atom stereocenters. The van der Waals surface area contributed by atoms with Crippen molar-refractivity contribution >= 4 is 23.5 Å². The van der Waals surface area contributed by atoms with E-state index < -0.39 is 23.9 Å². The zero-order valence-electron chi connectivity index (χ0n) is 15.6. The number of ether oxygens (including phenoxy) is 3. The first-order valence-electron chi connectivity index (χ1n) is 8.20. The maximum absolute atomic E-state index is 12.4. The number of aryl methyl sites for hydroxylation is 1. The third-order valence-electron chi connectivity index (χ3n) is 3.71. The molecule has 1 atom stereocenters. The molecule has 0 bridgehead atoms. The van der Waals surface area contributed by atoms with Crippen molar-refractivity contribution in [3.05, 3.63) is 59.2 Å². The van der Waals surface area contributed by atoms with Crippen LogP contribution >= 0.6 is 0 Å². The second kappa shape index (κ2) is 8.84. The van der Waals surface area contributed by atoms with Crippen LogP contribution in [0, 0.1) is 6.92 Å². The summed E-state index contributed by atoms with van der Waals surface area (Å²) in [4.78, 5) is 36.1. The second-order valence-electron chi connectivity index (χ2n) is 5.85. The molecule has 0 saturated carbocycles. The first kappa shape index (κ1) is 20.0. The van der Waals surface area contributed by atoms with Gasteiger partial charge in [-0.15, -0.1) is 0 Å². The molecule has 2 aromatic rings. The summed E-state index contributed by atoms with van der Waals surface area (Å²) in [7, 11) is 2.45. The average molecular weight is 371 g/mol. The number of anilines is 1. The second-order valence-corrected chi connectivity index (χ2v) is 5.85. The molecular weight excluding hydrogens is 350 g/mol. The van der Waals surface area contributed by atoms with Crippen LogP contribution in [-0.2, 0) is 14.3 Å². The molecule has 7 nitrogen and oxygen atoms in total. The Hall–Kier alpha value is -3.35. The van der Waals surface area contributed by atoms with Crippen LogP contribution in [0.3, 0.4) is 0 Å². The fraction of sp³-hybridized carbons (Fsp3) is 0.250. The lowest BCUT2D eigenvalue weighted by molar-refractivity contribution is -0.122. The highest BCUT2D eigenvalue weighted by atomic mass is 16.5. The van der Waals surface area contributed by atoms with E-state index in [0.29, 0.717) is 5.75 Å². The van der Waals surface area contributed by atoms with Crippen molar-refractivity contribution in [1.29, 1.82) is 0 Å². The van der Waals surface area contributed by atoms with Crippen LogP contribution in [0.4, 0.5) is 5.69 Å². The van der Waals surface area contributed by atoms with Crippen LogP contribution in [0.2, 0.25) is 0 Å². The Balaban J connectivity index is 2.20. The minimum Gasteiger partial charge on any atom is -0.481 e. The summed E-state index contributed by atoms with van der Waals surface area (Å²) in [6.45, 7) is 3.52. The third kappa shape index (κ3) is 5.31. The number of carbonyl (C=O) groups excluding carboxylic acids is 3. The molecule has 1 amide bonds. The highest BCUT2D eigenvalue weighted by Crippen LogP contribution is 2.19. The van der Waals surface area contributed by atoms with Gasteiger partial charge in [-0.05, 0) is 49.7 Å². The smallest absolute Gasteiger partial charge is 0.337 e. The van der Waals surface area contributed by atoms with Gasteiger partial charge in [-0.2, -0.15) is 0 Å². The number of hydrogen-bond donors (Lipinski definition) is 1. The van der Waals surface area contributed by atoms with Gasteiger partial charge in [0.2, 0.25) is 0 Å². The number of esters is 2. The number of nitrogens with one attached hydrogen (secondary N) is 1. The summed E-state index contributed by atoms with van der Waals surface area (Å²) in [6.07, 6.45) is -0.796. The number of methoxy groups -OCH3 is 2. The van der Waals surface area contributed by atoms with Gasteiger partial charge in [0.15, 0.2) is 6.10 Å². The van der Waals surface area contributed by atoms with Crippen molar-refractivity contribution in [3.8, 4) is 5.75 Å². The number of carbonyl (C=O) groups is 3. The summed E-state index contributed by atoms with van der Waals surface area (Å²) in [5.41, 5.74) is 1.49. The third-order valence-corrected chi connectivity index (χ3v) is 3.71. The van der Waals surface area contributed by atoms with E-state index in [9.17, 15) is 14.4 Å². The Morgan fingerprint density at radius 1 is 0.926 bits per heavy atom. The number of rotatable bonds is 6. The molecule has 2 aromatic carbocycles. The van der Waals surface area contributed by atoms with Gasteiger partial charge in [-0.25, -0.2) is 9.59 Å². The number of amides is 1. The highest BCUT2D eigenvalue weighted by molar-refractivity contribution is 6.00. The Labute approximate surface area is 157 Å². The number of benzene rings is 2. The van der Waals surface area contributed by atoms with Crippen LogP contribution in [0.1, 0.15) is 33.2 Å². The van der Waals surface area contributed by atoms with E-state index in [-0.39, 0.29) is 16.8 Å². The van der Waals surface area contributed by atoms with Crippen molar-refractivity contribution < 1.29 is 28.6 Å². The summed E-state index contributed by atoms with van der Waals surface area (Å²) in [5.74, 6) is -1.15. The molecule has 0 aliphatic carbocycles. The van der Waals surface area contributed by atoms with Gasteiger partial charge in [0.05, 0.1) is 25.3 Å². The average Bonchev–Trinajstić information content (AvgIpc) is 2.66. The SMILES string of the molecule is COC(=O)c1cc(NC(=O)C(C)Oc2cccc(C)c2)cc(C(=O)OC)c1. The van der Waals surface area contributed by atoms with Gasteiger partial charge in [-0.1, -0.05) is 12.1 Å². The molecule has 1 N–H and O–H groups in total. The van der Waals surface area contributed by atoms with E-state index in [1.165, 1.54) is 32.4 Å². The summed E-state index contributed by atoms with van der Waals surface area (Å²) < 4.78 is 15.0. The van der Waals surface area contributed by atoms with Crippen LogP contribution in [0.5, 0.6) is 5.75 Å². The molecule has 142 valence electrons. The molecule has 0 saturated heterocycles. The molecule has 0 radical (unpaired) electrons. The fourth-order valence-electron chi connectivity index (χ4n) is 2.36. The minimum absolute atomic E-state index is 0.114. The molecule has 0 fully saturated rings. The predicted octanol–water partition coefficient (Wildman–Crippen LogP) is 2.97. The van der Waals surface area contributed by atoms with Gasteiger partial charge in [0.25, 0.3) is 5.91 Å². The quantitative estimate of drug-likeness (QED) is 0.785. The standard InChI is InChI=1S/C20H21NO6/c1-12-6-5-7-17(8-12)27-13(2)18(22)21-16-10-14(19(23)25-3)9-15(11-16)20(24)26-4/h5-11,13H,1-4H3,(H,21,22). The van der Waals surface area contributed by atoms with E-state index >= 15 is 0 Å². The van der Waals surface area contributed by atoms with Crippen molar-refractivity contribution in [3.63, 3.8) is 0 Å². The minimum atomic E-state index is -0.796. The maximum Gasteiger partial charge on any atom is 0.337 e. The van der Waals surface area contributed by atoms with Gasteiger partial charge in [-0.3, -0.25) is 4.79 Å². The first-order valence-corrected chi connectivity index (χ1v) is 8.20. The van der Waals surface area contributed by atoms with Crippen molar-refractivity contribution in [1.82, 2.24) is 0 Å². The maximum atomic E-state index is 12.4. The molecule has 0 aromatic heterocycles. The predicted molar refractivity (Wildman–Crippen MR) is 99.0 cm³/mol. The molecule has 27 heavy (non-hydrogen) atoms. The van der Waals surface area contributed by atoms with E-state index in [4.69, 9.17) is 4.74 Å². The summed E-state index contributed by atoms with van der Waals surface area (Å²) >= 11 is 0. The Morgan fingerprint density at radius 2 is 1.52 bits per heavy atom. The highest BCUT2D eigenvalue weighted by Gasteiger charge is 2.18. The summed E-state index contributed by atoms with van der Waals surface area (Å²) in [6, 6.07) is 11.5. The largest absolute Gasteiger partial charge is 0.481 e. The number of hydrogen-bond acceptors (Lipinski definition) is 6. The lowest BCUT2D eigenvalue weighted by Crippen LogP contribution is -2.30. The molecule has 0 aliphatic rings. The van der Waals surface area contributed by atoms with Crippen molar-refractivity contribution in [2.24, 2.45) is 0 Å². The molecule has 2 rings (SSSR count). The Kier molecular flexibility index (Phi) is 6.54.